The minimum Gasteiger partial charge on any atom is -0.292 e. The van der Waals surface area contributed by atoms with E-state index < -0.39 is 0 Å². The van der Waals surface area contributed by atoms with Crippen LogP contribution in [0.25, 0.3) is 0 Å². The van der Waals surface area contributed by atoms with E-state index in [4.69, 9.17) is 0 Å². The van der Waals surface area contributed by atoms with Crippen LogP contribution in [0.2, 0.25) is 0 Å². The molecule has 0 saturated carbocycles. The second kappa shape index (κ2) is 11.5. The maximum Gasteiger partial charge on any atom is 0.0499 e. The molecule has 0 aliphatic heterocycles. The summed E-state index contributed by atoms with van der Waals surface area (Å²) in [6, 6.07) is 8.62. The van der Waals surface area contributed by atoms with E-state index in [1.54, 1.807) is 0 Å². The molecule has 0 saturated heterocycles. The molecule has 0 N–H and O–H groups in total. The average Bonchev–Trinajstić information content (AvgIpc) is 2.57. The van der Waals surface area contributed by atoms with E-state index in [1.165, 1.54) is 36.0 Å². The smallest absolute Gasteiger partial charge is 0.0499 e. The van der Waals surface area contributed by atoms with Crippen molar-refractivity contribution in [1.29, 1.82) is 0 Å². The first-order valence-electron chi connectivity index (χ1n) is 8.54. The number of aryl methyl sites for hydroxylation is 1. The summed E-state index contributed by atoms with van der Waals surface area (Å²) in [5.74, 6) is 6.41. The van der Waals surface area contributed by atoms with Crippen molar-refractivity contribution >= 4 is 6.21 Å². The van der Waals surface area contributed by atoms with Crippen LogP contribution in [0.1, 0.15) is 58.1 Å². The van der Waals surface area contributed by atoms with Gasteiger partial charge < -0.3 is 0 Å². The SMILES string of the molecule is C/C=C(C)\C=C(\C)C=NCCC#Cc1ccc(CCCC)cc1. The van der Waals surface area contributed by atoms with Crippen LogP contribution in [0.3, 0.4) is 0 Å². The van der Waals surface area contributed by atoms with E-state index in [2.05, 4.69) is 74.0 Å². The summed E-state index contributed by atoms with van der Waals surface area (Å²) in [5.41, 5.74) is 4.93. The summed E-state index contributed by atoms with van der Waals surface area (Å²) >= 11 is 0. The molecule has 0 amide bonds. The molecule has 0 bridgehead atoms. The molecule has 1 heteroatoms. The largest absolute Gasteiger partial charge is 0.292 e. The molecule has 23 heavy (non-hydrogen) atoms. The Kier molecular flexibility index (Phi) is 9.48. The molecule has 1 nitrogen and oxygen atoms in total. The molecule has 1 rings (SSSR count). The van der Waals surface area contributed by atoms with Gasteiger partial charge in [0, 0.05) is 24.7 Å². The van der Waals surface area contributed by atoms with Gasteiger partial charge in [0.2, 0.25) is 0 Å². The Morgan fingerprint density at radius 3 is 2.52 bits per heavy atom. The highest BCUT2D eigenvalue weighted by atomic mass is 14.7. The van der Waals surface area contributed by atoms with E-state index in [-0.39, 0.29) is 0 Å². The lowest BCUT2D eigenvalue weighted by Gasteiger charge is -1.99. The van der Waals surface area contributed by atoms with Gasteiger partial charge in [0.05, 0.1) is 0 Å². The highest BCUT2D eigenvalue weighted by Crippen LogP contribution is 2.07. The third-order valence-corrected chi connectivity index (χ3v) is 3.58. The molecule has 0 aliphatic carbocycles. The minimum absolute atomic E-state index is 0.752. The lowest BCUT2D eigenvalue weighted by molar-refractivity contribution is 0.795. The zero-order chi connectivity index (χ0) is 16.9. The Hall–Kier alpha value is -2.07. The second-order valence-electron chi connectivity index (χ2n) is 5.81. The van der Waals surface area contributed by atoms with Gasteiger partial charge in [-0.25, -0.2) is 0 Å². The van der Waals surface area contributed by atoms with Crippen LogP contribution in [-0.4, -0.2) is 12.8 Å². The summed E-state index contributed by atoms with van der Waals surface area (Å²) in [7, 11) is 0. The monoisotopic (exact) mass is 307 g/mol. The second-order valence-corrected chi connectivity index (χ2v) is 5.81. The number of unbranched alkanes of at least 4 members (excludes halogenated alkanes) is 1. The summed E-state index contributed by atoms with van der Waals surface area (Å²) in [6.45, 7) is 9.18. The van der Waals surface area contributed by atoms with Gasteiger partial charge in [-0.3, -0.25) is 4.99 Å². The lowest BCUT2D eigenvalue weighted by atomic mass is 10.1. The molecule has 0 fully saturated rings. The van der Waals surface area contributed by atoms with Gasteiger partial charge >= 0.3 is 0 Å². The van der Waals surface area contributed by atoms with Crippen LogP contribution in [0.4, 0.5) is 0 Å². The third-order valence-electron chi connectivity index (χ3n) is 3.58. The molecule has 0 aliphatic rings. The van der Waals surface area contributed by atoms with Crippen LogP contribution in [0.5, 0.6) is 0 Å². The van der Waals surface area contributed by atoms with Crippen molar-refractivity contribution in [2.75, 3.05) is 6.54 Å². The predicted octanol–water partition coefficient (Wildman–Crippen LogP) is 5.75. The standard InChI is InChI=1S/C22H29N/c1-5-7-10-21-12-14-22(15-13-21)11-8-9-16-23-18-20(4)17-19(3)6-2/h6,12-15,17-18H,5,7,9-10,16H2,1-4H3/b19-6-,20-17-,23-18?. The molecule has 0 aromatic heterocycles. The zero-order valence-electron chi connectivity index (χ0n) is 15.0. The molecule has 1 aromatic carbocycles. The van der Waals surface area contributed by atoms with Crippen molar-refractivity contribution in [1.82, 2.24) is 0 Å². The molecule has 0 heterocycles. The van der Waals surface area contributed by atoms with Crippen molar-refractivity contribution < 1.29 is 0 Å². The number of hydrogen-bond donors (Lipinski definition) is 0. The van der Waals surface area contributed by atoms with Gasteiger partial charge in [0.25, 0.3) is 0 Å². The van der Waals surface area contributed by atoms with E-state index in [0.717, 1.165) is 18.5 Å². The van der Waals surface area contributed by atoms with Crippen LogP contribution >= 0.6 is 0 Å². The van der Waals surface area contributed by atoms with Crippen molar-refractivity contribution in [3.63, 3.8) is 0 Å². The average molecular weight is 307 g/mol. The number of nitrogens with zero attached hydrogens (tertiary/aromatic N) is 1. The summed E-state index contributed by atoms with van der Waals surface area (Å²) in [5, 5.41) is 0. The third kappa shape index (κ3) is 8.83. The fourth-order valence-corrected chi connectivity index (χ4v) is 2.11. The van der Waals surface area contributed by atoms with Crippen LogP contribution in [0, 0.1) is 11.8 Å². The normalized spacial score (nSPS) is 12.3. The van der Waals surface area contributed by atoms with Gasteiger partial charge in [-0.1, -0.05) is 55.0 Å². The Labute approximate surface area is 142 Å². The number of hydrogen-bond acceptors (Lipinski definition) is 1. The molecule has 1 aromatic rings. The molecule has 0 spiro atoms. The molecular formula is C22H29N. The molecule has 0 unspecified atom stereocenters. The Morgan fingerprint density at radius 2 is 1.87 bits per heavy atom. The highest BCUT2D eigenvalue weighted by Gasteiger charge is 1.92. The first-order valence-corrected chi connectivity index (χ1v) is 8.54. The first kappa shape index (κ1) is 19.0. The number of aliphatic imine (C=N–C) groups is 1. The summed E-state index contributed by atoms with van der Waals surface area (Å²) < 4.78 is 0. The van der Waals surface area contributed by atoms with E-state index >= 15 is 0 Å². The Bertz CT molecular complexity index is 604. The van der Waals surface area contributed by atoms with Crippen molar-refractivity contribution in [2.45, 2.75) is 53.4 Å². The molecule has 122 valence electrons. The fraction of sp³-hybridized carbons (Fsp3) is 0.409. The number of allylic oxidation sites excluding steroid dienone is 4. The maximum atomic E-state index is 4.41. The van der Waals surface area contributed by atoms with E-state index in [0.29, 0.717) is 0 Å². The quantitative estimate of drug-likeness (QED) is 0.263. The topological polar surface area (TPSA) is 12.4 Å². The zero-order valence-corrected chi connectivity index (χ0v) is 15.0. The number of benzene rings is 1. The predicted molar refractivity (Wildman–Crippen MR) is 103 cm³/mol. The van der Waals surface area contributed by atoms with Crippen molar-refractivity contribution in [3.05, 3.63) is 58.7 Å². The summed E-state index contributed by atoms with van der Waals surface area (Å²) in [4.78, 5) is 4.41. The van der Waals surface area contributed by atoms with E-state index in [9.17, 15) is 0 Å². The Morgan fingerprint density at radius 1 is 1.13 bits per heavy atom. The van der Waals surface area contributed by atoms with Crippen LogP contribution in [0.15, 0.2) is 52.6 Å². The number of rotatable bonds is 7. The van der Waals surface area contributed by atoms with Crippen molar-refractivity contribution in [2.24, 2.45) is 4.99 Å². The molecule has 0 atom stereocenters. The highest BCUT2D eigenvalue weighted by molar-refractivity contribution is 5.78. The Balaban J connectivity index is 2.39. The fourth-order valence-electron chi connectivity index (χ4n) is 2.11. The minimum atomic E-state index is 0.752. The first-order chi connectivity index (χ1) is 11.2. The van der Waals surface area contributed by atoms with E-state index in [1.807, 2.05) is 13.1 Å². The van der Waals surface area contributed by atoms with Gasteiger partial charge in [0.15, 0.2) is 0 Å². The lowest BCUT2D eigenvalue weighted by Crippen LogP contribution is -1.85. The maximum absolute atomic E-state index is 4.41. The molecular weight excluding hydrogens is 278 g/mol. The van der Waals surface area contributed by atoms with Crippen molar-refractivity contribution in [3.8, 4) is 11.8 Å². The van der Waals surface area contributed by atoms with Gasteiger partial charge in [-0.2, -0.15) is 0 Å². The van der Waals surface area contributed by atoms with Crippen LogP contribution in [-0.2, 0) is 6.42 Å². The summed E-state index contributed by atoms with van der Waals surface area (Å²) in [6.07, 6.45) is 10.6. The van der Waals surface area contributed by atoms with Gasteiger partial charge in [-0.15, -0.1) is 0 Å². The van der Waals surface area contributed by atoms with Gasteiger partial charge in [0.1, 0.15) is 0 Å². The molecule has 0 radical (unpaired) electrons. The van der Waals surface area contributed by atoms with Gasteiger partial charge in [-0.05, 0) is 56.9 Å². The van der Waals surface area contributed by atoms with Crippen LogP contribution < -0.4 is 0 Å².